The number of alkyl halides is 6. The third kappa shape index (κ3) is 5.43. The van der Waals surface area contributed by atoms with Crippen LogP contribution in [0.4, 0.5) is 26.3 Å². The summed E-state index contributed by atoms with van der Waals surface area (Å²) in [4.78, 5) is 1.00. The van der Waals surface area contributed by atoms with Crippen LogP contribution in [0.15, 0.2) is 0 Å². The van der Waals surface area contributed by atoms with E-state index in [1.807, 2.05) is 0 Å². The SMILES string of the molecule is O[C@H](C[NH+]1CC[NH+](C[C@@H](O)C(F)(F)F)CC1)C(F)(F)F. The quantitative estimate of drug-likeness (QED) is 0.438. The molecule has 1 rings (SSSR count). The highest BCUT2D eigenvalue weighted by Crippen LogP contribution is 2.19. The van der Waals surface area contributed by atoms with Gasteiger partial charge in [-0.3, -0.25) is 0 Å². The first-order valence-corrected chi connectivity index (χ1v) is 6.17. The summed E-state index contributed by atoms with van der Waals surface area (Å²) >= 11 is 0. The van der Waals surface area contributed by atoms with E-state index in [0.717, 1.165) is 0 Å². The van der Waals surface area contributed by atoms with Crippen molar-refractivity contribution >= 4 is 0 Å². The molecule has 2 atom stereocenters. The van der Waals surface area contributed by atoms with Gasteiger partial charge in [0.05, 0.1) is 0 Å². The Morgan fingerprint density at radius 1 is 0.700 bits per heavy atom. The summed E-state index contributed by atoms with van der Waals surface area (Å²) in [5.41, 5.74) is 0. The van der Waals surface area contributed by atoms with E-state index in [-0.39, 0.29) is 26.2 Å². The molecule has 20 heavy (non-hydrogen) atoms. The maximum atomic E-state index is 12.2. The highest BCUT2D eigenvalue weighted by molar-refractivity contribution is 4.64. The van der Waals surface area contributed by atoms with Crippen molar-refractivity contribution in [2.45, 2.75) is 24.6 Å². The summed E-state index contributed by atoms with van der Waals surface area (Å²) < 4.78 is 72.9. The zero-order chi connectivity index (χ0) is 15.6. The van der Waals surface area contributed by atoms with Crippen LogP contribution in [0.2, 0.25) is 0 Å². The Morgan fingerprint density at radius 3 is 1.15 bits per heavy atom. The van der Waals surface area contributed by atoms with Gasteiger partial charge in [-0.15, -0.1) is 0 Å². The molecule has 4 nitrogen and oxygen atoms in total. The molecule has 0 aromatic rings. The summed E-state index contributed by atoms with van der Waals surface area (Å²) in [7, 11) is 0. The molecule has 0 unspecified atom stereocenters. The molecule has 0 spiro atoms. The predicted molar refractivity (Wildman–Crippen MR) is 55.3 cm³/mol. The Hall–Kier alpha value is -0.580. The highest BCUT2D eigenvalue weighted by Gasteiger charge is 2.43. The van der Waals surface area contributed by atoms with E-state index < -0.39 is 37.7 Å². The fourth-order valence-corrected chi connectivity index (χ4v) is 2.14. The predicted octanol–water partition coefficient (Wildman–Crippen LogP) is -2.38. The number of hydrogen-bond donors (Lipinski definition) is 4. The van der Waals surface area contributed by atoms with Gasteiger partial charge in [0.2, 0.25) is 0 Å². The van der Waals surface area contributed by atoms with Crippen molar-refractivity contribution < 1.29 is 46.4 Å². The lowest BCUT2D eigenvalue weighted by Crippen LogP contribution is -3.29. The molecule has 1 aliphatic rings. The Morgan fingerprint density at radius 2 is 0.950 bits per heavy atom. The minimum atomic E-state index is -4.68. The van der Waals surface area contributed by atoms with Crippen molar-refractivity contribution in [2.75, 3.05) is 39.3 Å². The molecule has 120 valence electrons. The molecule has 1 heterocycles. The van der Waals surface area contributed by atoms with Crippen LogP contribution in [-0.2, 0) is 0 Å². The van der Waals surface area contributed by atoms with Crippen LogP contribution in [0.5, 0.6) is 0 Å². The summed E-state index contributed by atoms with van der Waals surface area (Å²) in [5, 5.41) is 17.8. The number of quaternary nitrogens is 2. The molecule has 1 fully saturated rings. The van der Waals surface area contributed by atoms with Crippen LogP contribution in [0.25, 0.3) is 0 Å². The van der Waals surface area contributed by atoms with E-state index in [1.165, 1.54) is 0 Å². The highest BCUT2D eigenvalue weighted by atomic mass is 19.4. The second-order valence-electron chi connectivity index (χ2n) is 5.02. The lowest BCUT2D eigenvalue weighted by molar-refractivity contribution is -1.02. The third-order valence-corrected chi connectivity index (χ3v) is 3.38. The summed E-state index contributed by atoms with van der Waals surface area (Å²) in [5.74, 6) is 0. The molecule has 1 aliphatic heterocycles. The lowest BCUT2D eigenvalue weighted by Gasteiger charge is -2.32. The average molecular weight is 312 g/mol. The standard InChI is InChI=1S/C10H16F6N2O2/c11-9(12,13)7(19)5-17-1-2-18(4-3-17)6-8(20)10(14,15)16/h7-8,19-20H,1-6H2/p+2/t7-,8-/m1/s1. The van der Waals surface area contributed by atoms with E-state index in [2.05, 4.69) is 0 Å². The first-order chi connectivity index (χ1) is 9.00. The number of halogens is 6. The monoisotopic (exact) mass is 312 g/mol. The van der Waals surface area contributed by atoms with Crippen LogP contribution >= 0.6 is 0 Å². The molecule has 0 saturated carbocycles. The molecule has 0 aliphatic carbocycles. The van der Waals surface area contributed by atoms with E-state index in [1.54, 1.807) is 0 Å². The average Bonchev–Trinajstić information content (AvgIpc) is 2.29. The maximum Gasteiger partial charge on any atom is 0.419 e. The van der Waals surface area contributed by atoms with Gasteiger partial charge in [-0.2, -0.15) is 26.3 Å². The van der Waals surface area contributed by atoms with Crippen LogP contribution < -0.4 is 9.80 Å². The van der Waals surface area contributed by atoms with Crippen molar-refractivity contribution in [3.63, 3.8) is 0 Å². The zero-order valence-electron chi connectivity index (χ0n) is 10.6. The van der Waals surface area contributed by atoms with Gasteiger partial charge in [-0.25, -0.2) is 0 Å². The van der Waals surface area contributed by atoms with Gasteiger partial charge >= 0.3 is 12.4 Å². The molecule has 0 aromatic heterocycles. The second kappa shape index (κ2) is 6.46. The van der Waals surface area contributed by atoms with Crippen LogP contribution in [-0.4, -0.2) is 74.0 Å². The molecule has 4 N–H and O–H groups in total. The molecule has 0 amide bonds. The number of rotatable bonds is 4. The van der Waals surface area contributed by atoms with Crippen LogP contribution in [0, 0.1) is 0 Å². The summed E-state index contributed by atoms with van der Waals surface area (Å²) in [6, 6.07) is 0. The van der Waals surface area contributed by atoms with E-state index in [9.17, 15) is 26.3 Å². The number of aliphatic hydroxyl groups excluding tert-OH is 2. The van der Waals surface area contributed by atoms with E-state index in [0.29, 0.717) is 9.80 Å². The van der Waals surface area contributed by atoms with Crippen molar-refractivity contribution in [3.8, 4) is 0 Å². The third-order valence-electron chi connectivity index (χ3n) is 3.38. The van der Waals surface area contributed by atoms with Crippen molar-refractivity contribution in [1.82, 2.24) is 0 Å². The Labute approximate surface area is 111 Å². The first kappa shape index (κ1) is 17.5. The van der Waals surface area contributed by atoms with Gasteiger partial charge in [0.25, 0.3) is 0 Å². The molecular formula is C10H18F6N2O2+2. The van der Waals surface area contributed by atoms with Crippen molar-refractivity contribution in [3.05, 3.63) is 0 Å². The number of nitrogens with one attached hydrogen (secondary N) is 2. The molecule has 10 heteroatoms. The van der Waals surface area contributed by atoms with Crippen LogP contribution in [0.1, 0.15) is 0 Å². The van der Waals surface area contributed by atoms with Gasteiger partial charge in [-0.05, 0) is 0 Å². The topological polar surface area (TPSA) is 49.3 Å². The summed E-state index contributed by atoms with van der Waals surface area (Å²) in [6.07, 6.45) is -14.2. The van der Waals surface area contributed by atoms with Gasteiger partial charge in [0, 0.05) is 0 Å². The zero-order valence-corrected chi connectivity index (χ0v) is 10.6. The number of aliphatic hydroxyl groups is 2. The van der Waals surface area contributed by atoms with Gasteiger partial charge < -0.3 is 20.0 Å². The minimum Gasteiger partial charge on any atom is -0.379 e. The first-order valence-electron chi connectivity index (χ1n) is 6.17. The summed E-state index contributed by atoms with van der Waals surface area (Å²) in [6.45, 7) is -0.0859. The maximum absolute atomic E-state index is 12.2. The number of piperazine rings is 1. The normalized spacial score (nSPS) is 28.2. The second-order valence-corrected chi connectivity index (χ2v) is 5.02. The van der Waals surface area contributed by atoms with E-state index in [4.69, 9.17) is 10.2 Å². The molecule has 1 saturated heterocycles. The largest absolute Gasteiger partial charge is 0.419 e. The van der Waals surface area contributed by atoms with Crippen molar-refractivity contribution in [1.29, 1.82) is 0 Å². The van der Waals surface area contributed by atoms with Crippen molar-refractivity contribution in [2.24, 2.45) is 0 Å². The Bertz CT molecular complexity index is 271. The van der Waals surface area contributed by atoms with Gasteiger partial charge in [0.15, 0.2) is 12.2 Å². The smallest absolute Gasteiger partial charge is 0.379 e. The fourth-order valence-electron chi connectivity index (χ4n) is 2.14. The Balaban J connectivity index is 2.34. The Kier molecular flexibility index (Phi) is 5.64. The minimum absolute atomic E-state index is 0.229. The van der Waals surface area contributed by atoms with E-state index >= 15 is 0 Å². The van der Waals surface area contributed by atoms with Crippen LogP contribution in [0.3, 0.4) is 0 Å². The van der Waals surface area contributed by atoms with Gasteiger partial charge in [0.1, 0.15) is 39.3 Å². The molecule has 0 radical (unpaired) electrons. The lowest BCUT2D eigenvalue weighted by atomic mass is 10.2. The molecule has 0 bridgehead atoms. The molecule has 0 aromatic carbocycles. The molecular weight excluding hydrogens is 294 g/mol. The number of hydrogen-bond acceptors (Lipinski definition) is 2. The fraction of sp³-hybridized carbons (Fsp3) is 1.00. The van der Waals surface area contributed by atoms with Gasteiger partial charge in [-0.1, -0.05) is 0 Å².